The first-order chi connectivity index (χ1) is 7.47. The molecule has 3 heterocycles. The number of amides is 2. The number of hydrogen-bond donors (Lipinski definition) is 1. The summed E-state index contributed by atoms with van der Waals surface area (Å²) in [5, 5.41) is 10.1. The maximum atomic E-state index is 11.8. The van der Waals surface area contributed by atoms with E-state index in [-0.39, 0.29) is 0 Å². The Morgan fingerprint density at radius 3 is 2.69 bits per heavy atom. The number of rotatable bonds is 0. The summed E-state index contributed by atoms with van der Waals surface area (Å²) in [6.07, 6.45) is 2.00. The Kier molecular flexibility index (Phi) is 1.50. The van der Waals surface area contributed by atoms with Gasteiger partial charge in [-0.2, -0.15) is 0 Å². The smallest absolute Gasteiger partial charge is 0.343 e. The van der Waals surface area contributed by atoms with Crippen LogP contribution < -0.4 is 0 Å². The first-order valence-electron chi connectivity index (χ1n) is 4.91. The molecule has 0 aromatic carbocycles. The van der Waals surface area contributed by atoms with Crippen molar-refractivity contribution >= 4 is 17.8 Å². The van der Waals surface area contributed by atoms with Gasteiger partial charge < -0.3 is 9.84 Å². The van der Waals surface area contributed by atoms with Crippen molar-refractivity contribution < 1.29 is 24.2 Å². The van der Waals surface area contributed by atoms with Gasteiger partial charge in [-0.25, -0.2) is 4.79 Å². The van der Waals surface area contributed by atoms with Crippen molar-refractivity contribution in [2.45, 2.75) is 11.7 Å². The van der Waals surface area contributed by atoms with Gasteiger partial charge in [0.2, 0.25) is 11.8 Å². The third kappa shape index (κ3) is 0.802. The van der Waals surface area contributed by atoms with Crippen molar-refractivity contribution in [2.24, 2.45) is 11.8 Å². The molecule has 16 heavy (non-hydrogen) atoms. The number of hydrogen-bond acceptors (Lipinski definition) is 5. The summed E-state index contributed by atoms with van der Waals surface area (Å²) in [6, 6.07) is 0. The average Bonchev–Trinajstić information content (AvgIpc) is 2.48. The molecular formula is C10H9NO5. The fourth-order valence-corrected chi connectivity index (χ4v) is 2.62. The second-order valence-electron chi connectivity index (χ2n) is 4.29. The maximum absolute atomic E-state index is 11.8. The highest BCUT2D eigenvalue weighted by molar-refractivity contribution is 6.10. The van der Waals surface area contributed by atoms with Crippen LogP contribution in [0.1, 0.15) is 0 Å². The first kappa shape index (κ1) is 9.53. The monoisotopic (exact) mass is 223 g/mol. The molecule has 0 spiro atoms. The lowest BCUT2D eigenvalue weighted by molar-refractivity contribution is -0.192. The van der Waals surface area contributed by atoms with Gasteiger partial charge in [-0.1, -0.05) is 0 Å². The molecule has 2 bridgehead atoms. The molecule has 0 saturated carbocycles. The molecule has 0 aromatic rings. The van der Waals surface area contributed by atoms with Crippen LogP contribution in [0.5, 0.6) is 0 Å². The lowest BCUT2D eigenvalue weighted by atomic mass is 9.70. The third-order valence-electron chi connectivity index (χ3n) is 3.51. The molecule has 1 N–H and O–H groups in total. The lowest BCUT2D eigenvalue weighted by Crippen LogP contribution is -2.60. The molecular weight excluding hydrogens is 214 g/mol. The third-order valence-corrected chi connectivity index (χ3v) is 3.51. The SMILES string of the molecule is CN1C(=O)[C@H]2[C@H]3C=C[C@](O)(C(=O)O3)[C@H]2C1=O. The highest BCUT2D eigenvalue weighted by Gasteiger charge is 2.67. The molecule has 3 aliphatic heterocycles. The molecule has 0 aromatic heterocycles. The van der Waals surface area contributed by atoms with E-state index in [1.54, 1.807) is 0 Å². The largest absolute Gasteiger partial charge is 0.455 e. The Labute approximate surface area is 90.5 Å². The summed E-state index contributed by atoms with van der Waals surface area (Å²) in [7, 11) is 1.34. The molecule has 4 aliphatic rings. The zero-order chi connectivity index (χ0) is 11.7. The van der Waals surface area contributed by atoms with Crippen LogP contribution in [-0.4, -0.2) is 46.5 Å². The quantitative estimate of drug-likeness (QED) is 0.305. The van der Waals surface area contributed by atoms with Crippen LogP contribution in [-0.2, 0) is 19.1 Å². The zero-order valence-corrected chi connectivity index (χ0v) is 8.41. The van der Waals surface area contributed by atoms with E-state index in [0.29, 0.717) is 0 Å². The first-order valence-corrected chi connectivity index (χ1v) is 4.91. The Morgan fingerprint density at radius 2 is 2.06 bits per heavy atom. The molecule has 6 heteroatoms. The minimum absolute atomic E-state index is 0.407. The van der Waals surface area contributed by atoms with Crippen molar-refractivity contribution in [1.29, 1.82) is 0 Å². The second kappa shape index (κ2) is 2.52. The number of fused-ring (bicyclic) bond motifs is 1. The van der Waals surface area contributed by atoms with E-state index in [4.69, 9.17) is 4.74 Å². The standard InChI is InChI=1S/C10H9NO5/c1-11-7(12)5-4-2-3-10(15,9(14)16-4)6(5)8(11)13/h2-6,15H,1H3/t4-,5+,6-,10-/m1/s1. The predicted octanol–water partition coefficient (Wildman–Crippen LogP) is -1.56. The molecule has 0 unspecified atom stereocenters. The van der Waals surface area contributed by atoms with E-state index in [2.05, 4.69) is 0 Å². The van der Waals surface area contributed by atoms with Gasteiger partial charge in [0, 0.05) is 7.05 Å². The molecule has 2 saturated heterocycles. The highest BCUT2D eigenvalue weighted by atomic mass is 16.6. The van der Waals surface area contributed by atoms with Crippen molar-refractivity contribution in [2.75, 3.05) is 7.05 Å². The molecule has 2 amide bonds. The topological polar surface area (TPSA) is 83.9 Å². The number of ether oxygens (including phenoxy) is 1. The van der Waals surface area contributed by atoms with E-state index >= 15 is 0 Å². The minimum Gasteiger partial charge on any atom is -0.455 e. The van der Waals surface area contributed by atoms with Crippen LogP contribution in [0.3, 0.4) is 0 Å². The zero-order valence-electron chi connectivity index (χ0n) is 8.41. The van der Waals surface area contributed by atoms with Crippen LogP contribution in [0, 0.1) is 11.8 Å². The van der Waals surface area contributed by atoms with E-state index in [9.17, 15) is 19.5 Å². The van der Waals surface area contributed by atoms with E-state index < -0.39 is 41.3 Å². The summed E-state index contributed by atoms with van der Waals surface area (Å²) < 4.78 is 4.89. The van der Waals surface area contributed by atoms with Gasteiger partial charge in [-0.15, -0.1) is 0 Å². The van der Waals surface area contributed by atoms with Crippen molar-refractivity contribution in [1.82, 2.24) is 4.90 Å². The molecule has 6 nitrogen and oxygen atoms in total. The van der Waals surface area contributed by atoms with Crippen LogP contribution in [0.4, 0.5) is 0 Å². The van der Waals surface area contributed by atoms with E-state index in [1.165, 1.54) is 19.2 Å². The number of carbonyl (C=O) groups is 3. The van der Waals surface area contributed by atoms with E-state index in [0.717, 1.165) is 4.90 Å². The fraction of sp³-hybridized carbons (Fsp3) is 0.500. The van der Waals surface area contributed by atoms with Gasteiger partial charge in [-0.3, -0.25) is 14.5 Å². The van der Waals surface area contributed by atoms with Crippen LogP contribution >= 0.6 is 0 Å². The molecule has 0 radical (unpaired) electrons. The second-order valence-corrected chi connectivity index (χ2v) is 4.29. The lowest BCUT2D eigenvalue weighted by Gasteiger charge is -2.42. The average molecular weight is 223 g/mol. The van der Waals surface area contributed by atoms with Gasteiger partial charge in [0.25, 0.3) is 0 Å². The molecule has 1 aliphatic carbocycles. The summed E-state index contributed by atoms with van der Waals surface area (Å²) in [6.45, 7) is 0. The van der Waals surface area contributed by atoms with Crippen LogP contribution in [0.15, 0.2) is 12.2 Å². The summed E-state index contributed by atoms with van der Waals surface area (Å²) in [5.74, 6) is -3.58. The Morgan fingerprint density at radius 1 is 1.38 bits per heavy atom. The summed E-state index contributed by atoms with van der Waals surface area (Å²) in [4.78, 5) is 36.0. The Hall–Kier alpha value is -1.69. The number of carbonyl (C=O) groups excluding carboxylic acids is 3. The molecule has 4 rings (SSSR count). The summed E-state index contributed by atoms with van der Waals surface area (Å²) in [5.41, 5.74) is -1.98. The number of aliphatic hydroxyl groups is 1. The van der Waals surface area contributed by atoms with Crippen LogP contribution in [0.25, 0.3) is 0 Å². The Balaban J connectivity index is 2.18. The number of likely N-dealkylation sites (tertiary alicyclic amines) is 1. The Bertz CT molecular complexity index is 456. The molecule has 84 valence electrons. The van der Waals surface area contributed by atoms with Gasteiger partial charge in [-0.05, 0) is 12.2 Å². The fourth-order valence-electron chi connectivity index (χ4n) is 2.62. The van der Waals surface area contributed by atoms with Gasteiger partial charge >= 0.3 is 5.97 Å². The number of imide groups is 1. The highest BCUT2D eigenvalue weighted by Crippen LogP contribution is 2.46. The van der Waals surface area contributed by atoms with Crippen molar-refractivity contribution in [3.63, 3.8) is 0 Å². The number of esters is 1. The predicted molar refractivity (Wildman–Crippen MR) is 48.7 cm³/mol. The maximum Gasteiger partial charge on any atom is 0.343 e. The molecule has 2 fully saturated rings. The van der Waals surface area contributed by atoms with Gasteiger partial charge in [0.05, 0.1) is 11.8 Å². The minimum atomic E-state index is -1.98. The normalized spacial score (nSPS) is 45.0. The summed E-state index contributed by atoms with van der Waals surface area (Å²) >= 11 is 0. The van der Waals surface area contributed by atoms with Gasteiger partial charge in [0.1, 0.15) is 6.10 Å². The van der Waals surface area contributed by atoms with E-state index in [1.807, 2.05) is 0 Å². The van der Waals surface area contributed by atoms with Crippen LogP contribution in [0.2, 0.25) is 0 Å². The van der Waals surface area contributed by atoms with Crippen molar-refractivity contribution in [3.8, 4) is 0 Å². The molecule has 4 atom stereocenters. The number of nitrogens with zero attached hydrogens (tertiary/aromatic N) is 1. The van der Waals surface area contributed by atoms with Gasteiger partial charge in [0.15, 0.2) is 5.60 Å². The van der Waals surface area contributed by atoms with Crippen molar-refractivity contribution in [3.05, 3.63) is 12.2 Å².